The Bertz CT molecular complexity index is 1090. The lowest BCUT2D eigenvalue weighted by Crippen LogP contribution is -2.56. The number of hydrogen-bond acceptors (Lipinski definition) is 6. The van der Waals surface area contributed by atoms with Crippen LogP contribution in [0.4, 0.5) is 37.1 Å². The van der Waals surface area contributed by atoms with Crippen LogP contribution in [0.1, 0.15) is 29.5 Å². The van der Waals surface area contributed by atoms with Crippen molar-refractivity contribution in [3.05, 3.63) is 51.7 Å². The number of H-pyrrole nitrogens is 1. The highest BCUT2D eigenvalue weighted by molar-refractivity contribution is 5.69. The first-order valence-electron chi connectivity index (χ1n) is 10.3. The van der Waals surface area contributed by atoms with E-state index in [2.05, 4.69) is 9.97 Å². The first-order valence-corrected chi connectivity index (χ1v) is 10.3. The highest BCUT2D eigenvalue weighted by Crippen LogP contribution is 2.33. The van der Waals surface area contributed by atoms with Crippen molar-refractivity contribution in [1.29, 1.82) is 0 Å². The first kappa shape index (κ1) is 23.8. The Hall–Kier alpha value is -3.32. The fourth-order valence-corrected chi connectivity index (χ4v) is 4.21. The van der Waals surface area contributed by atoms with Crippen LogP contribution in [0.25, 0.3) is 0 Å². The fraction of sp³-hybridized carbons (Fsp3) is 0.500. The number of piperazine rings is 1. The molecular weight excluding hydrogens is 472 g/mol. The molecule has 0 spiro atoms. The zero-order valence-electron chi connectivity index (χ0n) is 17.5. The summed E-state index contributed by atoms with van der Waals surface area (Å²) in [4.78, 5) is 36.9. The quantitative estimate of drug-likeness (QED) is 0.661. The third-order valence-corrected chi connectivity index (χ3v) is 5.83. The Labute approximate surface area is 188 Å². The zero-order valence-corrected chi connectivity index (χ0v) is 17.5. The number of fused-ring (bicyclic) bond motifs is 2. The van der Waals surface area contributed by atoms with Crippen LogP contribution in [0.15, 0.2) is 29.5 Å². The number of pyridine rings is 1. The molecule has 2 aliphatic rings. The Morgan fingerprint density at radius 3 is 2.24 bits per heavy atom. The summed E-state index contributed by atoms with van der Waals surface area (Å²) >= 11 is 0. The van der Waals surface area contributed by atoms with Crippen molar-refractivity contribution in [1.82, 2.24) is 19.9 Å². The molecule has 0 aromatic carbocycles. The molecule has 2 fully saturated rings. The smallest absolute Gasteiger partial charge is 0.421 e. The molecule has 2 saturated heterocycles. The number of hydrogen-bond donors (Lipinski definition) is 1. The van der Waals surface area contributed by atoms with Gasteiger partial charge in [0.05, 0.1) is 24.3 Å². The van der Waals surface area contributed by atoms with Gasteiger partial charge in [-0.2, -0.15) is 26.3 Å². The van der Waals surface area contributed by atoms with Crippen LogP contribution in [0.2, 0.25) is 0 Å². The van der Waals surface area contributed by atoms with E-state index in [0.29, 0.717) is 38.3 Å². The molecular formula is C20H19F6N5O3. The number of carbonyl (C=O) groups excluding carboxylic acids is 1. The molecule has 34 heavy (non-hydrogen) atoms. The van der Waals surface area contributed by atoms with E-state index in [1.54, 1.807) is 9.80 Å². The van der Waals surface area contributed by atoms with Crippen LogP contribution in [0.3, 0.4) is 0 Å². The Kier molecular flexibility index (Phi) is 6.16. The average Bonchev–Trinajstić information content (AvgIpc) is 3.03. The van der Waals surface area contributed by atoms with Crippen LogP contribution in [0, 0.1) is 0 Å². The topological polar surface area (TPSA) is 91.4 Å². The maximum absolute atomic E-state index is 12.9. The summed E-state index contributed by atoms with van der Waals surface area (Å²) in [5.41, 5.74) is -3.37. The molecule has 14 heteroatoms. The van der Waals surface area contributed by atoms with E-state index in [0.717, 1.165) is 12.3 Å². The van der Waals surface area contributed by atoms with E-state index < -0.39 is 35.1 Å². The summed E-state index contributed by atoms with van der Waals surface area (Å²) in [5, 5.41) is 0. The summed E-state index contributed by atoms with van der Waals surface area (Å²) in [6.45, 7) is 0.432. The molecule has 2 bridgehead atoms. The highest BCUT2D eigenvalue weighted by atomic mass is 19.4. The minimum absolute atomic E-state index is 0.0275. The van der Waals surface area contributed by atoms with Gasteiger partial charge in [-0.05, 0) is 24.5 Å². The van der Waals surface area contributed by atoms with Crippen molar-refractivity contribution in [2.75, 3.05) is 24.6 Å². The van der Waals surface area contributed by atoms with Gasteiger partial charge in [-0.1, -0.05) is 0 Å². The van der Waals surface area contributed by atoms with E-state index in [9.17, 15) is 35.9 Å². The molecule has 2 aromatic rings. The average molecular weight is 491 g/mol. The number of alkyl halides is 6. The second-order valence-electron chi connectivity index (χ2n) is 8.08. The molecule has 4 rings (SSSR count). The largest absolute Gasteiger partial charge is 0.449 e. The molecule has 0 saturated carbocycles. The third-order valence-electron chi connectivity index (χ3n) is 5.83. The molecule has 0 radical (unpaired) electrons. The molecule has 2 aromatic heterocycles. The SMILES string of the molecule is O=C(OCCc1c[nH]c(=O)c(C(F)(F)F)c1)N1C2CCC1CN(c1ncc(C(F)(F)F)cn1)C2. The molecule has 4 heterocycles. The molecule has 2 atom stereocenters. The number of rotatable bonds is 4. The van der Waals surface area contributed by atoms with Crippen LogP contribution >= 0.6 is 0 Å². The number of carbonyl (C=O) groups is 1. The number of nitrogens with one attached hydrogen (secondary N) is 1. The van der Waals surface area contributed by atoms with E-state index in [4.69, 9.17) is 4.74 Å². The predicted octanol–water partition coefficient (Wildman–Crippen LogP) is 3.23. The summed E-state index contributed by atoms with van der Waals surface area (Å²) < 4.78 is 82.0. The van der Waals surface area contributed by atoms with Gasteiger partial charge >= 0.3 is 18.4 Å². The van der Waals surface area contributed by atoms with Crippen molar-refractivity contribution in [3.63, 3.8) is 0 Å². The monoisotopic (exact) mass is 491 g/mol. The van der Waals surface area contributed by atoms with Crippen LogP contribution < -0.4 is 10.5 Å². The Morgan fingerprint density at radius 1 is 1.06 bits per heavy atom. The van der Waals surface area contributed by atoms with Crippen molar-refractivity contribution < 1.29 is 35.9 Å². The van der Waals surface area contributed by atoms with Crippen molar-refractivity contribution in [3.8, 4) is 0 Å². The highest BCUT2D eigenvalue weighted by Gasteiger charge is 2.44. The van der Waals surface area contributed by atoms with E-state index in [-0.39, 0.29) is 36.6 Å². The lowest BCUT2D eigenvalue weighted by atomic mass is 10.1. The summed E-state index contributed by atoms with van der Waals surface area (Å²) in [7, 11) is 0. The lowest BCUT2D eigenvalue weighted by Gasteiger charge is -2.40. The van der Waals surface area contributed by atoms with Gasteiger partial charge in [-0.15, -0.1) is 0 Å². The van der Waals surface area contributed by atoms with Gasteiger partial charge in [-0.25, -0.2) is 14.8 Å². The normalized spacial score (nSPS) is 20.5. The van der Waals surface area contributed by atoms with Gasteiger partial charge in [0, 0.05) is 38.1 Å². The Balaban J connectivity index is 1.34. The standard InChI is InChI=1S/C20H19F6N5O3/c21-19(22,23)12-7-28-17(29-8-12)30-9-13-1-2-14(10-30)31(13)18(33)34-4-3-11-5-15(20(24,25)26)16(32)27-6-11/h5-8,13-14H,1-4,9-10H2,(H,27,32). The number of anilines is 1. The van der Waals surface area contributed by atoms with Gasteiger partial charge in [0.1, 0.15) is 5.56 Å². The molecule has 0 aliphatic carbocycles. The number of aromatic amines is 1. The number of amides is 1. The van der Waals surface area contributed by atoms with Gasteiger partial charge in [-0.3, -0.25) is 9.69 Å². The van der Waals surface area contributed by atoms with Gasteiger partial charge in [0.15, 0.2) is 0 Å². The molecule has 1 amide bonds. The molecule has 1 N–H and O–H groups in total. The lowest BCUT2D eigenvalue weighted by molar-refractivity contribution is -0.139. The van der Waals surface area contributed by atoms with Crippen LogP contribution in [-0.2, 0) is 23.5 Å². The number of aromatic nitrogens is 3. The van der Waals surface area contributed by atoms with Gasteiger partial charge in [0.25, 0.3) is 5.56 Å². The van der Waals surface area contributed by atoms with Crippen molar-refractivity contribution >= 4 is 12.0 Å². The summed E-state index contributed by atoms with van der Waals surface area (Å²) in [5.74, 6) is 0.136. The van der Waals surface area contributed by atoms with Crippen molar-refractivity contribution in [2.45, 2.75) is 43.7 Å². The van der Waals surface area contributed by atoms with Crippen LogP contribution in [0.5, 0.6) is 0 Å². The van der Waals surface area contributed by atoms with E-state index >= 15 is 0 Å². The van der Waals surface area contributed by atoms with Crippen LogP contribution in [-0.4, -0.2) is 57.7 Å². The molecule has 2 aliphatic heterocycles. The first-order chi connectivity index (χ1) is 15.9. The minimum Gasteiger partial charge on any atom is -0.449 e. The second-order valence-corrected chi connectivity index (χ2v) is 8.08. The molecule has 184 valence electrons. The Morgan fingerprint density at radius 2 is 1.68 bits per heavy atom. The number of halogens is 6. The minimum atomic E-state index is -4.80. The number of ether oxygens (including phenoxy) is 1. The van der Waals surface area contributed by atoms with Gasteiger partial charge < -0.3 is 14.6 Å². The maximum atomic E-state index is 12.9. The third kappa shape index (κ3) is 4.94. The van der Waals surface area contributed by atoms with Gasteiger partial charge in [0.2, 0.25) is 5.95 Å². The molecule has 8 nitrogen and oxygen atoms in total. The summed E-state index contributed by atoms with van der Waals surface area (Å²) in [6.07, 6.45) is -6.10. The fourth-order valence-electron chi connectivity index (χ4n) is 4.21. The molecule has 2 unspecified atom stereocenters. The second kappa shape index (κ2) is 8.80. The van der Waals surface area contributed by atoms with Crippen molar-refractivity contribution in [2.24, 2.45) is 0 Å². The number of nitrogens with zero attached hydrogens (tertiary/aromatic N) is 4. The maximum Gasteiger partial charge on any atom is 0.421 e. The zero-order chi connectivity index (χ0) is 24.7. The van der Waals surface area contributed by atoms with E-state index in [1.807, 2.05) is 4.98 Å². The predicted molar refractivity (Wildman–Crippen MR) is 105 cm³/mol. The van der Waals surface area contributed by atoms with E-state index in [1.165, 1.54) is 0 Å². The summed E-state index contributed by atoms with van der Waals surface area (Å²) in [6, 6.07) is 0.197.